The molecule has 0 N–H and O–H groups in total. The van der Waals surface area contributed by atoms with Crippen LogP contribution in [0.25, 0.3) is 11.0 Å². The van der Waals surface area contributed by atoms with Crippen LogP contribution in [0.3, 0.4) is 0 Å². The largest absolute Gasteiger partial charge is 0.486 e. The molecule has 0 fully saturated rings. The highest BCUT2D eigenvalue weighted by molar-refractivity contribution is 5.91. The number of carbonyl (C=O) groups excluding carboxylic acids is 1. The smallest absolute Gasteiger partial charge is 0.374 e. The third-order valence-corrected chi connectivity index (χ3v) is 3.24. The van der Waals surface area contributed by atoms with Crippen molar-refractivity contribution in [1.82, 2.24) is 0 Å². The summed E-state index contributed by atoms with van der Waals surface area (Å²) in [6.45, 7) is 4.30. The topological polar surface area (TPSA) is 75.0 Å². The van der Waals surface area contributed by atoms with Gasteiger partial charge in [-0.15, -0.1) is 0 Å². The van der Waals surface area contributed by atoms with E-state index in [0.29, 0.717) is 30.1 Å². The van der Waals surface area contributed by atoms with Gasteiger partial charge in [0.15, 0.2) is 16.9 Å². The minimum absolute atomic E-state index is 0.0778. The van der Waals surface area contributed by atoms with Crippen LogP contribution in [0.5, 0.6) is 11.5 Å². The fourth-order valence-corrected chi connectivity index (χ4v) is 2.22. The van der Waals surface area contributed by atoms with E-state index in [-0.39, 0.29) is 28.9 Å². The van der Waals surface area contributed by atoms with E-state index in [1.807, 2.05) is 0 Å². The highest BCUT2D eigenvalue weighted by Crippen LogP contribution is 2.34. The van der Waals surface area contributed by atoms with E-state index in [1.165, 1.54) is 6.92 Å². The molecule has 2 aromatic rings. The first-order valence-electron chi connectivity index (χ1n) is 6.66. The molecule has 3 rings (SSSR count). The summed E-state index contributed by atoms with van der Waals surface area (Å²) in [5.41, 5.74) is 0.215. The van der Waals surface area contributed by atoms with E-state index in [0.717, 1.165) is 0 Å². The maximum Gasteiger partial charge on any atom is 0.374 e. The van der Waals surface area contributed by atoms with Gasteiger partial charge in [0.25, 0.3) is 0 Å². The fourth-order valence-electron chi connectivity index (χ4n) is 2.22. The lowest BCUT2D eigenvalue weighted by molar-refractivity contribution is 0.0489. The van der Waals surface area contributed by atoms with Crippen molar-refractivity contribution < 1.29 is 23.4 Å². The highest BCUT2D eigenvalue weighted by atomic mass is 16.6. The van der Waals surface area contributed by atoms with E-state index >= 15 is 0 Å². The van der Waals surface area contributed by atoms with Crippen molar-refractivity contribution in [3.63, 3.8) is 0 Å². The molecule has 0 saturated heterocycles. The molecule has 0 aliphatic carbocycles. The van der Waals surface area contributed by atoms with Gasteiger partial charge in [-0.05, 0) is 19.9 Å². The average molecular weight is 290 g/mol. The highest BCUT2D eigenvalue weighted by Gasteiger charge is 2.21. The second kappa shape index (κ2) is 5.12. The molecule has 0 saturated carbocycles. The maximum absolute atomic E-state index is 12.4. The fraction of sp³-hybridized carbons (Fsp3) is 0.333. The van der Waals surface area contributed by atoms with E-state index in [9.17, 15) is 9.59 Å². The zero-order valence-electron chi connectivity index (χ0n) is 11.7. The lowest BCUT2D eigenvalue weighted by atomic mass is 10.1. The molecule has 21 heavy (non-hydrogen) atoms. The molecule has 2 heterocycles. The van der Waals surface area contributed by atoms with Crippen LogP contribution in [0.4, 0.5) is 0 Å². The zero-order valence-corrected chi connectivity index (χ0v) is 11.7. The number of hydrogen-bond donors (Lipinski definition) is 0. The molecule has 0 radical (unpaired) electrons. The van der Waals surface area contributed by atoms with Crippen LogP contribution in [0.2, 0.25) is 0 Å². The van der Waals surface area contributed by atoms with E-state index in [2.05, 4.69) is 0 Å². The van der Waals surface area contributed by atoms with Gasteiger partial charge in [-0.2, -0.15) is 0 Å². The lowest BCUT2D eigenvalue weighted by Gasteiger charge is -2.18. The van der Waals surface area contributed by atoms with Gasteiger partial charge in [0.1, 0.15) is 18.8 Å². The van der Waals surface area contributed by atoms with E-state index in [1.54, 1.807) is 19.1 Å². The number of hydrogen-bond acceptors (Lipinski definition) is 6. The van der Waals surface area contributed by atoms with Gasteiger partial charge < -0.3 is 18.6 Å². The molecule has 6 heteroatoms. The van der Waals surface area contributed by atoms with Crippen molar-refractivity contribution in [3.8, 4) is 11.5 Å². The molecule has 1 aromatic carbocycles. The van der Waals surface area contributed by atoms with Crippen molar-refractivity contribution in [3.05, 3.63) is 33.7 Å². The first-order valence-corrected chi connectivity index (χ1v) is 6.66. The van der Waals surface area contributed by atoms with Crippen LogP contribution in [-0.2, 0) is 4.74 Å². The molecule has 0 spiro atoms. The molecule has 1 aromatic heterocycles. The van der Waals surface area contributed by atoms with E-state index in [4.69, 9.17) is 18.6 Å². The predicted molar refractivity (Wildman–Crippen MR) is 74.2 cm³/mol. The van der Waals surface area contributed by atoms with Gasteiger partial charge in [0, 0.05) is 11.6 Å². The summed E-state index contributed by atoms with van der Waals surface area (Å²) in [7, 11) is 0. The Bertz CT molecular complexity index is 774. The van der Waals surface area contributed by atoms with Crippen LogP contribution < -0.4 is 14.9 Å². The summed E-state index contributed by atoms with van der Waals surface area (Å²) >= 11 is 0. The minimum Gasteiger partial charge on any atom is -0.486 e. The summed E-state index contributed by atoms with van der Waals surface area (Å²) < 4.78 is 21.3. The van der Waals surface area contributed by atoms with Gasteiger partial charge in [-0.3, -0.25) is 4.79 Å². The Balaban J connectivity index is 2.23. The summed E-state index contributed by atoms with van der Waals surface area (Å²) in [5.74, 6) is 0.273. The van der Waals surface area contributed by atoms with Crippen LogP contribution in [0.15, 0.2) is 21.3 Å². The molecular formula is C15H14O6. The number of benzene rings is 1. The lowest BCUT2D eigenvalue weighted by Crippen LogP contribution is -2.18. The van der Waals surface area contributed by atoms with Crippen molar-refractivity contribution in [2.24, 2.45) is 0 Å². The Morgan fingerprint density at radius 3 is 2.57 bits per heavy atom. The van der Waals surface area contributed by atoms with Crippen LogP contribution in [0.1, 0.15) is 23.0 Å². The number of fused-ring (bicyclic) bond motifs is 2. The Labute approximate surface area is 120 Å². The minimum atomic E-state index is -0.649. The molecule has 0 unspecified atom stereocenters. The molecule has 110 valence electrons. The molecule has 1 aliphatic heterocycles. The Hall–Kier alpha value is -2.50. The summed E-state index contributed by atoms with van der Waals surface area (Å²) in [6.07, 6.45) is 0. The summed E-state index contributed by atoms with van der Waals surface area (Å²) in [6, 6.07) is 3.14. The normalized spacial score (nSPS) is 13.2. The van der Waals surface area contributed by atoms with Crippen molar-refractivity contribution in [2.45, 2.75) is 13.8 Å². The number of esters is 1. The van der Waals surface area contributed by atoms with Gasteiger partial charge in [0.05, 0.1) is 12.0 Å². The molecular weight excluding hydrogens is 276 g/mol. The first-order chi connectivity index (χ1) is 10.1. The standard InChI is InChI=1S/C15H14O6/c1-3-18-15(17)14-8(2)13(16)9-6-11-12(7-10(9)21-14)20-5-4-19-11/h6-7H,3-5H2,1-2H3. The van der Waals surface area contributed by atoms with Crippen molar-refractivity contribution in [1.29, 1.82) is 0 Å². The van der Waals surface area contributed by atoms with Crippen LogP contribution in [-0.4, -0.2) is 25.8 Å². The summed E-state index contributed by atoms with van der Waals surface area (Å²) in [4.78, 5) is 24.2. The van der Waals surface area contributed by atoms with Gasteiger partial charge in [0.2, 0.25) is 5.76 Å². The second-order valence-electron chi connectivity index (χ2n) is 4.60. The zero-order chi connectivity index (χ0) is 15.0. The maximum atomic E-state index is 12.4. The average Bonchev–Trinajstić information content (AvgIpc) is 2.49. The SMILES string of the molecule is CCOC(=O)c1oc2cc3c(cc2c(=O)c1C)OCCO3. The second-order valence-corrected chi connectivity index (χ2v) is 4.60. The quantitative estimate of drug-likeness (QED) is 0.788. The third-order valence-electron chi connectivity index (χ3n) is 3.24. The predicted octanol–water partition coefficient (Wildman–Crippen LogP) is 2.05. The van der Waals surface area contributed by atoms with Crippen molar-refractivity contribution in [2.75, 3.05) is 19.8 Å². The van der Waals surface area contributed by atoms with Crippen molar-refractivity contribution >= 4 is 16.9 Å². The number of ether oxygens (including phenoxy) is 3. The monoisotopic (exact) mass is 290 g/mol. The molecule has 0 bridgehead atoms. The Morgan fingerprint density at radius 1 is 1.24 bits per heavy atom. The summed E-state index contributed by atoms with van der Waals surface area (Å²) in [5, 5.41) is 0.352. The Morgan fingerprint density at radius 2 is 1.90 bits per heavy atom. The van der Waals surface area contributed by atoms with Crippen LogP contribution in [0, 0.1) is 6.92 Å². The van der Waals surface area contributed by atoms with Gasteiger partial charge in [-0.25, -0.2) is 4.79 Å². The van der Waals surface area contributed by atoms with Gasteiger partial charge in [-0.1, -0.05) is 0 Å². The Kier molecular flexibility index (Phi) is 3.29. The first kappa shape index (κ1) is 13.5. The molecule has 6 nitrogen and oxygen atoms in total. The third kappa shape index (κ3) is 2.22. The number of carbonyl (C=O) groups is 1. The van der Waals surface area contributed by atoms with Crippen LogP contribution >= 0.6 is 0 Å². The van der Waals surface area contributed by atoms with E-state index < -0.39 is 5.97 Å². The molecule has 1 aliphatic rings. The molecule has 0 atom stereocenters. The molecule has 0 amide bonds. The van der Waals surface area contributed by atoms with Gasteiger partial charge >= 0.3 is 5.97 Å². The number of rotatable bonds is 2.